The maximum atomic E-state index is 9.91. The van der Waals surface area contributed by atoms with Crippen molar-refractivity contribution in [2.24, 2.45) is 10.8 Å². The van der Waals surface area contributed by atoms with Gasteiger partial charge in [0.05, 0.1) is 0 Å². The molecule has 0 aliphatic carbocycles. The van der Waals surface area contributed by atoms with E-state index in [9.17, 15) is 19.8 Å². The second-order valence-corrected chi connectivity index (χ2v) is 5.07. The van der Waals surface area contributed by atoms with Crippen LogP contribution in [0.5, 0.6) is 0 Å². The van der Waals surface area contributed by atoms with Gasteiger partial charge in [-0.2, -0.15) is 0 Å². The maximum absolute atomic E-state index is 9.91. The number of carbonyl (C=O) groups excluding carboxylic acids is 2. The topological polar surface area (TPSA) is 80.3 Å². The summed E-state index contributed by atoms with van der Waals surface area (Å²) in [5.41, 5.74) is -1.39. The van der Waals surface area contributed by atoms with Crippen molar-refractivity contribution >= 4 is 11.9 Å². The normalized spacial score (nSPS) is 10.5. The van der Waals surface area contributed by atoms with Gasteiger partial charge < -0.3 is 19.8 Å². The molecule has 0 atom stereocenters. The average Bonchev–Trinajstić information content (AvgIpc) is 1.83. The quantitative estimate of drug-likeness (QED) is 0.587. The molecule has 0 rings (SSSR count). The summed E-state index contributed by atoms with van der Waals surface area (Å²) in [6.07, 6.45) is 0. The summed E-state index contributed by atoms with van der Waals surface area (Å²) in [4.78, 5) is 19.8. The largest absolute Gasteiger partial charge is 2.00 e. The summed E-state index contributed by atoms with van der Waals surface area (Å²) in [5.74, 6) is -2.01. The van der Waals surface area contributed by atoms with E-state index < -0.39 is 22.8 Å². The van der Waals surface area contributed by atoms with Crippen LogP contribution in [0.1, 0.15) is 41.5 Å². The fraction of sp³-hybridized carbons (Fsp3) is 0.800. The molecule has 0 heterocycles. The molecular formula is C10H18CrO4. The predicted molar refractivity (Wildman–Crippen MR) is 48.9 cm³/mol. The minimum absolute atomic E-state index is 0. The Kier molecular flexibility index (Phi) is 9.13. The summed E-state index contributed by atoms with van der Waals surface area (Å²) < 4.78 is 0. The monoisotopic (exact) mass is 254 g/mol. The fourth-order valence-electron chi connectivity index (χ4n) is 0. The minimum atomic E-state index is -1.01. The molecular weight excluding hydrogens is 236 g/mol. The first-order chi connectivity index (χ1) is 5.89. The third-order valence-electron chi connectivity index (χ3n) is 1.22. The van der Waals surface area contributed by atoms with Gasteiger partial charge in [0.2, 0.25) is 0 Å². The molecule has 0 aromatic carbocycles. The van der Waals surface area contributed by atoms with Crippen LogP contribution >= 0.6 is 0 Å². The number of carbonyl (C=O) groups is 2. The van der Waals surface area contributed by atoms with Crippen LogP contribution in [0.2, 0.25) is 0 Å². The first-order valence-corrected chi connectivity index (χ1v) is 4.32. The van der Waals surface area contributed by atoms with Crippen LogP contribution in [0, 0.1) is 10.8 Å². The Bertz CT molecular complexity index is 186. The summed E-state index contributed by atoms with van der Waals surface area (Å²) in [6, 6.07) is 0. The van der Waals surface area contributed by atoms with E-state index in [1.54, 1.807) is 41.5 Å². The van der Waals surface area contributed by atoms with Crippen molar-refractivity contribution in [1.29, 1.82) is 0 Å². The van der Waals surface area contributed by atoms with E-state index in [1.165, 1.54) is 0 Å². The Hall–Kier alpha value is -0.528. The molecule has 0 aliphatic heterocycles. The SMILES string of the molecule is CC(C)(C)C(=O)[O-].CC(C)(C)C(=O)[O-].[Cr+2]. The van der Waals surface area contributed by atoms with Gasteiger partial charge in [0, 0.05) is 22.8 Å². The van der Waals surface area contributed by atoms with E-state index in [4.69, 9.17) is 0 Å². The molecule has 0 amide bonds. The van der Waals surface area contributed by atoms with Crippen LogP contribution in [-0.2, 0) is 27.0 Å². The molecule has 0 unspecified atom stereocenters. The zero-order chi connectivity index (χ0) is 12.2. The van der Waals surface area contributed by atoms with E-state index in [1.807, 2.05) is 0 Å². The van der Waals surface area contributed by atoms with Crippen molar-refractivity contribution in [1.82, 2.24) is 0 Å². The second kappa shape index (κ2) is 6.87. The van der Waals surface area contributed by atoms with Gasteiger partial charge in [-0.3, -0.25) is 0 Å². The number of hydrogen-bond donors (Lipinski definition) is 0. The van der Waals surface area contributed by atoms with Crippen LogP contribution in [0.15, 0.2) is 0 Å². The number of hydrogen-bond acceptors (Lipinski definition) is 4. The molecule has 0 bridgehead atoms. The van der Waals surface area contributed by atoms with E-state index in [-0.39, 0.29) is 17.4 Å². The molecule has 5 heteroatoms. The van der Waals surface area contributed by atoms with Crippen molar-refractivity contribution in [2.45, 2.75) is 41.5 Å². The van der Waals surface area contributed by atoms with Crippen LogP contribution in [0.3, 0.4) is 0 Å². The van der Waals surface area contributed by atoms with Gasteiger partial charge in [0.25, 0.3) is 0 Å². The summed E-state index contributed by atoms with van der Waals surface area (Å²) in [7, 11) is 0. The van der Waals surface area contributed by atoms with E-state index in [0.29, 0.717) is 0 Å². The van der Waals surface area contributed by atoms with Gasteiger partial charge in [-0.15, -0.1) is 0 Å². The smallest absolute Gasteiger partial charge is 0.550 e. The van der Waals surface area contributed by atoms with Gasteiger partial charge in [-0.05, 0) is 0 Å². The molecule has 0 saturated heterocycles. The number of carboxylic acid groups (broad SMARTS) is 2. The minimum Gasteiger partial charge on any atom is -0.550 e. The molecule has 15 heavy (non-hydrogen) atoms. The van der Waals surface area contributed by atoms with Crippen LogP contribution in [-0.4, -0.2) is 11.9 Å². The van der Waals surface area contributed by atoms with Crippen molar-refractivity contribution < 1.29 is 37.2 Å². The van der Waals surface area contributed by atoms with Crippen LogP contribution in [0.4, 0.5) is 0 Å². The molecule has 4 nitrogen and oxygen atoms in total. The molecule has 0 radical (unpaired) electrons. The summed E-state index contributed by atoms with van der Waals surface area (Å²) in [5, 5.41) is 19.8. The third-order valence-corrected chi connectivity index (χ3v) is 1.22. The Morgan fingerprint density at radius 2 is 0.800 bits per heavy atom. The Morgan fingerprint density at radius 3 is 0.800 bits per heavy atom. The molecule has 0 saturated carbocycles. The standard InChI is InChI=1S/2C5H10O2.Cr/c2*1-5(2,3)4(6)7;/h2*1-3H3,(H,6,7);/q;;+2/p-2. The molecule has 0 spiro atoms. The molecule has 0 aliphatic rings. The van der Waals surface area contributed by atoms with Gasteiger partial charge in [0.1, 0.15) is 0 Å². The van der Waals surface area contributed by atoms with E-state index in [0.717, 1.165) is 0 Å². The van der Waals surface area contributed by atoms with E-state index >= 15 is 0 Å². The first-order valence-electron chi connectivity index (χ1n) is 4.32. The second-order valence-electron chi connectivity index (χ2n) is 5.07. The molecule has 0 fully saturated rings. The average molecular weight is 254 g/mol. The number of carboxylic acids is 2. The number of rotatable bonds is 0. The van der Waals surface area contributed by atoms with Crippen molar-refractivity contribution in [3.8, 4) is 0 Å². The Morgan fingerprint density at radius 1 is 0.733 bits per heavy atom. The number of aliphatic carboxylic acids is 2. The fourth-order valence-corrected chi connectivity index (χ4v) is 0. The third kappa shape index (κ3) is 13.5. The molecule has 0 N–H and O–H groups in total. The Labute approximate surface area is 102 Å². The Balaban J connectivity index is -0.000000180. The molecule has 88 valence electrons. The van der Waals surface area contributed by atoms with E-state index in [2.05, 4.69) is 0 Å². The van der Waals surface area contributed by atoms with Gasteiger partial charge in [-0.1, -0.05) is 41.5 Å². The summed E-state index contributed by atoms with van der Waals surface area (Å²) in [6.45, 7) is 9.60. The first kappa shape index (κ1) is 20.0. The van der Waals surface area contributed by atoms with Crippen molar-refractivity contribution in [2.75, 3.05) is 0 Å². The van der Waals surface area contributed by atoms with Gasteiger partial charge in [0.15, 0.2) is 0 Å². The predicted octanol–water partition coefficient (Wildman–Crippen LogP) is -0.438. The summed E-state index contributed by atoms with van der Waals surface area (Å²) >= 11 is 0. The zero-order valence-corrected chi connectivity index (χ0v) is 11.3. The van der Waals surface area contributed by atoms with Crippen LogP contribution < -0.4 is 10.2 Å². The van der Waals surface area contributed by atoms with Gasteiger partial charge in [-0.25, -0.2) is 0 Å². The zero-order valence-electron chi connectivity index (χ0n) is 10.0. The molecule has 0 aromatic heterocycles. The van der Waals surface area contributed by atoms with Gasteiger partial charge >= 0.3 is 17.4 Å². The molecule has 0 aromatic rings. The maximum Gasteiger partial charge on any atom is 2.00 e. The van der Waals surface area contributed by atoms with Crippen LogP contribution in [0.25, 0.3) is 0 Å². The van der Waals surface area contributed by atoms with Crippen molar-refractivity contribution in [3.63, 3.8) is 0 Å². The van der Waals surface area contributed by atoms with Crippen molar-refractivity contribution in [3.05, 3.63) is 0 Å².